The molecule has 2 nitrogen and oxygen atoms in total. The number of allylic oxidation sites excluding steroid dienone is 1. The van der Waals surface area contributed by atoms with E-state index in [4.69, 9.17) is 0 Å². The number of nitrogens with zero attached hydrogens (tertiary/aromatic N) is 1. The van der Waals surface area contributed by atoms with Crippen LogP contribution in [0.2, 0.25) is 0 Å². The highest BCUT2D eigenvalue weighted by molar-refractivity contribution is 7.93. The minimum absolute atomic E-state index is 0.501. The molecule has 82 valence electrons. The van der Waals surface area contributed by atoms with Crippen molar-refractivity contribution in [2.24, 2.45) is 4.36 Å². The molecule has 0 saturated carbocycles. The second-order valence-electron chi connectivity index (χ2n) is 3.18. The number of rotatable bonds is 4. The van der Waals surface area contributed by atoms with Gasteiger partial charge in [0.2, 0.25) is 0 Å². The van der Waals surface area contributed by atoms with Crippen molar-refractivity contribution < 1.29 is 4.21 Å². The maximum Gasteiger partial charge on any atom is 0.0785 e. The zero-order valence-electron chi connectivity index (χ0n) is 9.22. The van der Waals surface area contributed by atoms with Crippen LogP contribution in [0.25, 0.3) is 0 Å². The van der Waals surface area contributed by atoms with Crippen LogP contribution in [0.5, 0.6) is 0 Å². The Morgan fingerprint density at radius 2 is 1.93 bits per heavy atom. The average molecular weight is 223 g/mol. The van der Waals surface area contributed by atoms with Crippen molar-refractivity contribution in [3.05, 3.63) is 42.5 Å². The molecule has 0 spiro atoms. The minimum Gasteiger partial charge on any atom is -0.244 e. The summed E-state index contributed by atoms with van der Waals surface area (Å²) in [5, 5.41) is 0. The first kappa shape index (κ1) is 12.0. The standard InChI is InChI=1S/C12H17NOS/c1-3-4-8-11-15(14,13-2)12-9-6-5-7-10-12/h4-10H,3,11H2,1-2H3/b8-4+. The van der Waals surface area contributed by atoms with Crippen molar-refractivity contribution in [1.82, 2.24) is 0 Å². The van der Waals surface area contributed by atoms with Gasteiger partial charge in [-0.25, -0.2) is 8.57 Å². The minimum atomic E-state index is -2.24. The van der Waals surface area contributed by atoms with Gasteiger partial charge in [-0.05, 0) is 18.6 Å². The molecule has 1 aromatic rings. The van der Waals surface area contributed by atoms with Crippen molar-refractivity contribution in [1.29, 1.82) is 0 Å². The molecule has 0 saturated heterocycles. The summed E-state index contributed by atoms with van der Waals surface area (Å²) >= 11 is 0. The third-order valence-electron chi connectivity index (χ3n) is 2.13. The van der Waals surface area contributed by atoms with E-state index in [2.05, 4.69) is 11.3 Å². The summed E-state index contributed by atoms with van der Waals surface area (Å²) < 4.78 is 16.5. The molecule has 0 fully saturated rings. The topological polar surface area (TPSA) is 29.4 Å². The average Bonchev–Trinajstić information content (AvgIpc) is 2.30. The van der Waals surface area contributed by atoms with Gasteiger partial charge in [0.05, 0.1) is 15.5 Å². The van der Waals surface area contributed by atoms with Gasteiger partial charge in [-0.2, -0.15) is 0 Å². The quantitative estimate of drug-likeness (QED) is 0.721. The predicted molar refractivity (Wildman–Crippen MR) is 65.5 cm³/mol. The van der Waals surface area contributed by atoms with Crippen molar-refractivity contribution >= 4 is 9.73 Å². The van der Waals surface area contributed by atoms with E-state index in [1.54, 1.807) is 7.05 Å². The highest BCUT2D eigenvalue weighted by atomic mass is 32.2. The Morgan fingerprint density at radius 1 is 1.27 bits per heavy atom. The van der Waals surface area contributed by atoms with Crippen LogP contribution in [0, 0.1) is 0 Å². The van der Waals surface area contributed by atoms with Gasteiger partial charge in [-0.3, -0.25) is 0 Å². The molecule has 1 rings (SSSR count). The van der Waals surface area contributed by atoms with Gasteiger partial charge in [0.25, 0.3) is 0 Å². The van der Waals surface area contributed by atoms with Gasteiger partial charge in [-0.15, -0.1) is 0 Å². The first-order chi connectivity index (χ1) is 7.23. The molecule has 0 bridgehead atoms. The molecule has 0 amide bonds. The van der Waals surface area contributed by atoms with Crippen LogP contribution < -0.4 is 0 Å². The zero-order chi connectivity index (χ0) is 11.1. The second kappa shape index (κ2) is 5.71. The lowest BCUT2D eigenvalue weighted by molar-refractivity contribution is 0.678. The monoisotopic (exact) mass is 223 g/mol. The Morgan fingerprint density at radius 3 is 2.47 bits per heavy atom. The van der Waals surface area contributed by atoms with E-state index < -0.39 is 9.73 Å². The SMILES string of the molecule is CC/C=C/CS(=O)(=NC)c1ccccc1. The van der Waals surface area contributed by atoms with Crippen LogP contribution >= 0.6 is 0 Å². The normalized spacial score (nSPS) is 15.1. The van der Waals surface area contributed by atoms with Crippen molar-refractivity contribution in [3.8, 4) is 0 Å². The van der Waals surface area contributed by atoms with Crippen LogP contribution in [0.3, 0.4) is 0 Å². The van der Waals surface area contributed by atoms with Crippen LogP contribution in [0.4, 0.5) is 0 Å². The molecule has 0 aliphatic heterocycles. The Balaban J connectivity index is 2.98. The number of hydrogen-bond acceptors (Lipinski definition) is 2. The summed E-state index contributed by atoms with van der Waals surface area (Å²) in [5.74, 6) is 0.501. The van der Waals surface area contributed by atoms with E-state index >= 15 is 0 Å². The maximum absolute atomic E-state index is 12.4. The van der Waals surface area contributed by atoms with Gasteiger partial charge < -0.3 is 0 Å². The summed E-state index contributed by atoms with van der Waals surface area (Å²) in [6.07, 6.45) is 4.93. The van der Waals surface area contributed by atoms with Crippen LogP contribution in [-0.2, 0) is 9.73 Å². The molecule has 3 heteroatoms. The number of hydrogen-bond donors (Lipinski definition) is 0. The van der Waals surface area contributed by atoms with Gasteiger partial charge in [-0.1, -0.05) is 37.3 Å². The van der Waals surface area contributed by atoms with E-state index in [1.165, 1.54) is 0 Å². The van der Waals surface area contributed by atoms with Crippen LogP contribution in [0.15, 0.2) is 51.7 Å². The third-order valence-corrected chi connectivity index (χ3v) is 4.37. The fourth-order valence-corrected chi connectivity index (χ4v) is 2.81. The third kappa shape index (κ3) is 3.20. The number of benzene rings is 1. The molecule has 0 N–H and O–H groups in total. The molecular formula is C12H17NOS. The maximum atomic E-state index is 12.4. The summed E-state index contributed by atoms with van der Waals surface area (Å²) in [6, 6.07) is 9.44. The lowest BCUT2D eigenvalue weighted by Crippen LogP contribution is -2.04. The Hall–Kier alpha value is -1.09. The Kier molecular flexibility index (Phi) is 4.56. The van der Waals surface area contributed by atoms with E-state index in [-0.39, 0.29) is 0 Å². The van der Waals surface area contributed by atoms with Crippen LogP contribution in [-0.4, -0.2) is 17.0 Å². The summed E-state index contributed by atoms with van der Waals surface area (Å²) in [7, 11) is -0.620. The Bertz CT molecular complexity index is 428. The molecule has 1 unspecified atom stereocenters. The van der Waals surface area contributed by atoms with E-state index in [0.29, 0.717) is 5.75 Å². The second-order valence-corrected chi connectivity index (χ2v) is 5.63. The lowest BCUT2D eigenvalue weighted by Gasteiger charge is -2.06. The molecule has 0 radical (unpaired) electrons. The fourth-order valence-electron chi connectivity index (χ4n) is 1.27. The van der Waals surface area contributed by atoms with E-state index in [1.807, 2.05) is 42.5 Å². The highest BCUT2D eigenvalue weighted by Crippen LogP contribution is 2.13. The summed E-state index contributed by atoms with van der Waals surface area (Å²) in [4.78, 5) is 0.813. The molecule has 0 aliphatic rings. The van der Waals surface area contributed by atoms with E-state index in [0.717, 1.165) is 11.3 Å². The van der Waals surface area contributed by atoms with E-state index in [9.17, 15) is 4.21 Å². The first-order valence-corrected chi connectivity index (χ1v) is 6.74. The predicted octanol–water partition coefficient (Wildman–Crippen LogP) is 3.11. The van der Waals surface area contributed by atoms with Gasteiger partial charge in [0.15, 0.2) is 0 Å². The van der Waals surface area contributed by atoms with Crippen molar-refractivity contribution in [2.45, 2.75) is 18.2 Å². The summed E-state index contributed by atoms with van der Waals surface area (Å²) in [6.45, 7) is 2.06. The zero-order valence-corrected chi connectivity index (χ0v) is 10.0. The van der Waals surface area contributed by atoms with Gasteiger partial charge in [0, 0.05) is 11.9 Å². The molecule has 0 aromatic heterocycles. The van der Waals surface area contributed by atoms with Gasteiger partial charge in [0.1, 0.15) is 0 Å². The highest BCUT2D eigenvalue weighted by Gasteiger charge is 2.08. The largest absolute Gasteiger partial charge is 0.244 e. The molecule has 1 atom stereocenters. The molecular weight excluding hydrogens is 206 g/mol. The molecule has 0 heterocycles. The fraction of sp³-hybridized carbons (Fsp3) is 0.333. The van der Waals surface area contributed by atoms with Crippen molar-refractivity contribution in [3.63, 3.8) is 0 Å². The Labute approximate surface area is 92.2 Å². The molecule has 0 aliphatic carbocycles. The van der Waals surface area contributed by atoms with Gasteiger partial charge >= 0.3 is 0 Å². The molecule has 1 aromatic carbocycles. The van der Waals surface area contributed by atoms with Crippen LogP contribution in [0.1, 0.15) is 13.3 Å². The molecule has 15 heavy (non-hydrogen) atoms. The smallest absolute Gasteiger partial charge is 0.0785 e. The lowest BCUT2D eigenvalue weighted by atomic mass is 10.4. The first-order valence-electron chi connectivity index (χ1n) is 5.06. The summed E-state index contributed by atoms with van der Waals surface area (Å²) in [5.41, 5.74) is 0. The van der Waals surface area contributed by atoms with Crippen molar-refractivity contribution in [2.75, 3.05) is 12.8 Å².